The number of amides is 1. The zero-order chi connectivity index (χ0) is 22.5. The minimum Gasteiger partial charge on any atom is -0.490 e. The number of rotatable bonds is 8. The molecule has 7 nitrogen and oxygen atoms in total. The number of para-hydroxylation sites is 1. The predicted octanol–water partition coefficient (Wildman–Crippen LogP) is 4.81. The van der Waals surface area contributed by atoms with Crippen molar-refractivity contribution in [1.29, 1.82) is 5.41 Å². The topological polar surface area (TPSA) is 87.3 Å². The smallest absolute Gasteiger partial charge is 0.283 e. The number of amidine groups is 2. The molecule has 0 radical (unpaired) electrons. The Balaban J connectivity index is 1.37. The molecular formula is C24H24N4O3S. The molecule has 2 heterocycles. The van der Waals surface area contributed by atoms with E-state index < -0.39 is 5.91 Å². The lowest BCUT2D eigenvalue weighted by molar-refractivity contribution is -0.114. The average molecular weight is 449 g/mol. The molecule has 0 saturated heterocycles. The molecule has 2 aliphatic heterocycles. The third-order valence-corrected chi connectivity index (χ3v) is 5.57. The van der Waals surface area contributed by atoms with E-state index in [9.17, 15) is 4.79 Å². The van der Waals surface area contributed by atoms with Crippen LogP contribution in [0.5, 0.6) is 11.5 Å². The molecule has 0 spiro atoms. The highest BCUT2D eigenvalue weighted by molar-refractivity contribution is 8.26. The van der Waals surface area contributed by atoms with Gasteiger partial charge in [-0.25, -0.2) is 0 Å². The van der Waals surface area contributed by atoms with Crippen molar-refractivity contribution in [1.82, 2.24) is 5.01 Å². The number of hydrazone groups is 1. The van der Waals surface area contributed by atoms with Gasteiger partial charge in [-0.1, -0.05) is 44.2 Å². The summed E-state index contributed by atoms with van der Waals surface area (Å²) in [5, 5.41) is 15.7. The number of carbonyl (C=O) groups excluding carboxylic acids is 1. The number of benzene rings is 2. The second-order valence-electron chi connectivity index (χ2n) is 7.69. The number of thioether (sulfide) groups is 1. The van der Waals surface area contributed by atoms with Crippen LogP contribution in [0.4, 0.5) is 0 Å². The minimum absolute atomic E-state index is 0.0460. The molecule has 2 aromatic rings. The zero-order valence-electron chi connectivity index (χ0n) is 17.9. The van der Waals surface area contributed by atoms with Crippen molar-refractivity contribution in [2.24, 2.45) is 16.0 Å². The van der Waals surface area contributed by atoms with Gasteiger partial charge in [0.25, 0.3) is 5.91 Å². The normalized spacial score (nSPS) is 16.8. The maximum Gasteiger partial charge on any atom is 0.283 e. The molecule has 0 unspecified atom stereocenters. The Morgan fingerprint density at radius 3 is 2.34 bits per heavy atom. The highest BCUT2D eigenvalue weighted by Crippen LogP contribution is 2.30. The van der Waals surface area contributed by atoms with E-state index in [2.05, 4.69) is 23.9 Å². The van der Waals surface area contributed by atoms with Crippen LogP contribution < -0.4 is 9.47 Å². The lowest BCUT2D eigenvalue weighted by Gasteiger charge is -2.20. The number of ether oxygens (including phenoxy) is 2. The van der Waals surface area contributed by atoms with Crippen molar-refractivity contribution in [3.63, 3.8) is 0 Å². The summed E-state index contributed by atoms with van der Waals surface area (Å²) >= 11 is 1.36. The summed E-state index contributed by atoms with van der Waals surface area (Å²) in [6.07, 6.45) is 2.45. The number of hydrogen-bond donors (Lipinski definition) is 1. The van der Waals surface area contributed by atoms with Crippen molar-refractivity contribution in [3.05, 3.63) is 65.7 Å². The van der Waals surface area contributed by atoms with Gasteiger partial charge < -0.3 is 9.47 Å². The maximum atomic E-state index is 12.5. The second kappa shape index (κ2) is 9.82. The summed E-state index contributed by atoms with van der Waals surface area (Å²) in [5.74, 6) is 1.57. The van der Waals surface area contributed by atoms with E-state index >= 15 is 0 Å². The summed E-state index contributed by atoms with van der Waals surface area (Å²) < 4.78 is 11.3. The summed E-state index contributed by atoms with van der Waals surface area (Å²) in [7, 11) is 0. The largest absolute Gasteiger partial charge is 0.490 e. The fraction of sp³-hybridized carbons (Fsp3) is 0.250. The first-order valence-electron chi connectivity index (χ1n) is 10.4. The third-order valence-electron chi connectivity index (χ3n) is 4.63. The van der Waals surface area contributed by atoms with Crippen molar-refractivity contribution < 1.29 is 14.3 Å². The van der Waals surface area contributed by atoms with Gasteiger partial charge >= 0.3 is 0 Å². The van der Waals surface area contributed by atoms with Crippen molar-refractivity contribution in [2.45, 2.75) is 20.3 Å². The van der Waals surface area contributed by atoms with Crippen LogP contribution in [0.25, 0.3) is 6.08 Å². The SMILES string of the molecule is CC(C)CC1=NN2C(=N)/C(=C/c3ccc(OCCOc4ccccc4)cc3)C(=O)N=C2S1. The molecule has 1 N–H and O–H groups in total. The van der Waals surface area contributed by atoms with E-state index in [4.69, 9.17) is 14.9 Å². The van der Waals surface area contributed by atoms with Gasteiger partial charge in [-0.05, 0) is 53.6 Å². The molecule has 2 aromatic carbocycles. The van der Waals surface area contributed by atoms with E-state index in [1.807, 2.05) is 54.6 Å². The molecule has 2 aliphatic rings. The van der Waals surface area contributed by atoms with Crippen LogP contribution in [0.1, 0.15) is 25.8 Å². The minimum atomic E-state index is -0.423. The van der Waals surface area contributed by atoms with Crippen LogP contribution in [0.15, 0.2) is 70.3 Å². The monoisotopic (exact) mass is 448 g/mol. The summed E-state index contributed by atoms with van der Waals surface area (Å²) in [5.41, 5.74) is 0.997. The predicted molar refractivity (Wildman–Crippen MR) is 128 cm³/mol. The van der Waals surface area contributed by atoms with Crippen molar-refractivity contribution >= 4 is 39.8 Å². The Labute approximate surface area is 191 Å². The van der Waals surface area contributed by atoms with Gasteiger partial charge in [-0.15, -0.1) is 0 Å². The van der Waals surface area contributed by atoms with E-state index in [1.165, 1.54) is 16.8 Å². The molecule has 32 heavy (non-hydrogen) atoms. The van der Waals surface area contributed by atoms with Crippen LogP contribution in [0, 0.1) is 11.3 Å². The molecule has 0 saturated carbocycles. The number of aliphatic imine (C=N–C) groups is 1. The first kappa shape index (κ1) is 21.8. The van der Waals surface area contributed by atoms with Crippen LogP contribution in [0.2, 0.25) is 0 Å². The Hall–Kier alpha value is -3.39. The summed E-state index contributed by atoms with van der Waals surface area (Å²) in [6.45, 7) is 5.07. The highest BCUT2D eigenvalue weighted by atomic mass is 32.2. The van der Waals surface area contributed by atoms with Crippen LogP contribution in [-0.2, 0) is 4.79 Å². The molecule has 8 heteroatoms. The fourth-order valence-electron chi connectivity index (χ4n) is 3.13. The van der Waals surface area contributed by atoms with Gasteiger partial charge in [0.15, 0.2) is 5.84 Å². The van der Waals surface area contributed by atoms with Gasteiger partial charge in [0.05, 0.1) is 5.57 Å². The molecule has 0 atom stereocenters. The van der Waals surface area contributed by atoms with E-state index in [1.54, 1.807) is 6.08 Å². The lowest BCUT2D eigenvalue weighted by atomic mass is 10.1. The molecular weight excluding hydrogens is 424 g/mol. The molecule has 4 rings (SSSR count). The number of hydrogen-bond acceptors (Lipinski definition) is 6. The molecule has 0 fully saturated rings. The number of carbonyl (C=O) groups is 1. The van der Waals surface area contributed by atoms with Gasteiger partial charge in [0.2, 0.25) is 5.17 Å². The molecule has 1 amide bonds. The lowest BCUT2D eigenvalue weighted by Crippen LogP contribution is -2.35. The van der Waals surface area contributed by atoms with E-state index in [0.29, 0.717) is 30.0 Å². The average Bonchev–Trinajstić information content (AvgIpc) is 3.17. The maximum absolute atomic E-state index is 12.5. The Morgan fingerprint density at radius 1 is 1.03 bits per heavy atom. The molecule has 0 aromatic heterocycles. The van der Waals surface area contributed by atoms with Gasteiger partial charge in [0.1, 0.15) is 29.8 Å². The van der Waals surface area contributed by atoms with Crippen LogP contribution in [-0.4, -0.2) is 40.2 Å². The number of nitrogens with zero attached hydrogens (tertiary/aromatic N) is 3. The van der Waals surface area contributed by atoms with Gasteiger partial charge in [-0.3, -0.25) is 10.2 Å². The zero-order valence-corrected chi connectivity index (χ0v) is 18.8. The molecule has 0 aliphatic carbocycles. The Morgan fingerprint density at radius 2 is 1.69 bits per heavy atom. The Kier molecular flexibility index (Phi) is 6.70. The fourth-order valence-corrected chi connectivity index (χ4v) is 4.22. The molecule has 164 valence electrons. The van der Waals surface area contributed by atoms with Crippen molar-refractivity contribution in [2.75, 3.05) is 13.2 Å². The number of nitrogens with one attached hydrogen (secondary N) is 1. The standard InChI is InChI=1S/C24H24N4O3S/c1-16(2)14-21-27-28-22(25)20(23(29)26-24(28)32-21)15-17-8-10-19(11-9-17)31-13-12-30-18-6-4-3-5-7-18/h3-11,15-16,25H,12-14H2,1-2H3/b20-15-,25-22?. The quantitative estimate of drug-likeness (QED) is 0.463. The first-order valence-corrected chi connectivity index (χ1v) is 11.2. The Bertz CT molecular complexity index is 1090. The first-order chi connectivity index (χ1) is 15.5. The summed E-state index contributed by atoms with van der Waals surface area (Å²) in [4.78, 5) is 16.6. The summed E-state index contributed by atoms with van der Waals surface area (Å²) in [6, 6.07) is 16.9. The van der Waals surface area contributed by atoms with E-state index in [-0.39, 0.29) is 11.4 Å². The van der Waals surface area contributed by atoms with Crippen molar-refractivity contribution in [3.8, 4) is 11.5 Å². The number of fused-ring (bicyclic) bond motifs is 1. The highest BCUT2D eigenvalue weighted by Gasteiger charge is 2.35. The second-order valence-corrected chi connectivity index (χ2v) is 8.73. The molecule has 0 bridgehead atoms. The van der Waals surface area contributed by atoms with Gasteiger partial charge in [-0.2, -0.15) is 15.1 Å². The van der Waals surface area contributed by atoms with Crippen LogP contribution in [0.3, 0.4) is 0 Å². The van der Waals surface area contributed by atoms with Crippen LogP contribution >= 0.6 is 11.8 Å². The third kappa shape index (κ3) is 5.26. The van der Waals surface area contributed by atoms with Gasteiger partial charge in [0, 0.05) is 6.42 Å². The van der Waals surface area contributed by atoms with E-state index in [0.717, 1.165) is 22.8 Å².